The molecule has 2 amide bonds. The molecule has 1 aliphatic heterocycles. The SMILES string of the molecule is CNC(=O)Cc1ccc(NC(=O)c2ccc3c(c2)OCCO3)cc1. The maximum Gasteiger partial charge on any atom is 0.255 e. The van der Waals surface area contributed by atoms with Crippen LogP contribution in [0.2, 0.25) is 0 Å². The van der Waals surface area contributed by atoms with Crippen LogP contribution in [0.5, 0.6) is 11.5 Å². The number of rotatable bonds is 4. The molecule has 0 aromatic heterocycles. The second kappa shape index (κ2) is 7.04. The Labute approximate surface area is 139 Å². The normalized spacial score (nSPS) is 12.4. The number of hydrogen-bond acceptors (Lipinski definition) is 4. The van der Waals surface area contributed by atoms with Crippen molar-refractivity contribution >= 4 is 17.5 Å². The van der Waals surface area contributed by atoms with Crippen LogP contribution >= 0.6 is 0 Å². The Bertz CT molecular complexity index is 756. The van der Waals surface area contributed by atoms with E-state index in [1.807, 2.05) is 12.1 Å². The first-order valence-electron chi connectivity index (χ1n) is 7.66. The average Bonchev–Trinajstić information content (AvgIpc) is 2.62. The van der Waals surface area contributed by atoms with Gasteiger partial charge < -0.3 is 20.1 Å². The summed E-state index contributed by atoms with van der Waals surface area (Å²) in [6.45, 7) is 0.992. The molecule has 0 saturated carbocycles. The Morgan fingerprint density at radius 1 is 1.00 bits per heavy atom. The lowest BCUT2D eigenvalue weighted by Crippen LogP contribution is -2.20. The molecule has 0 fully saturated rings. The van der Waals surface area contributed by atoms with Crippen LogP contribution in [0.25, 0.3) is 0 Å². The number of likely N-dealkylation sites (N-methyl/N-ethyl adjacent to an activating group) is 1. The second-order valence-electron chi connectivity index (χ2n) is 5.36. The van der Waals surface area contributed by atoms with Crippen LogP contribution in [0.15, 0.2) is 42.5 Å². The molecule has 1 aliphatic rings. The van der Waals surface area contributed by atoms with Crippen LogP contribution in [-0.2, 0) is 11.2 Å². The van der Waals surface area contributed by atoms with Gasteiger partial charge in [0.2, 0.25) is 5.91 Å². The Morgan fingerprint density at radius 3 is 2.42 bits per heavy atom. The van der Waals surface area contributed by atoms with E-state index < -0.39 is 0 Å². The van der Waals surface area contributed by atoms with Gasteiger partial charge in [0.15, 0.2) is 11.5 Å². The van der Waals surface area contributed by atoms with E-state index in [0.29, 0.717) is 42.4 Å². The zero-order chi connectivity index (χ0) is 16.9. The molecule has 1 heterocycles. The number of carbonyl (C=O) groups excluding carboxylic acids is 2. The van der Waals surface area contributed by atoms with E-state index in [4.69, 9.17) is 9.47 Å². The summed E-state index contributed by atoms with van der Waals surface area (Å²) < 4.78 is 10.9. The second-order valence-corrected chi connectivity index (χ2v) is 5.36. The molecule has 0 unspecified atom stereocenters. The minimum Gasteiger partial charge on any atom is -0.486 e. The number of amides is 2. The van der Waals surface area contributed by atoms with Gasteiger partial charge in [0.05, 0.1) is 6.42 Å². The summed E-state index contributed by atoms with van der Waals surface area (Å²) in [5.74, 6) is 0.945. The van der Waals surface area contributed by atoms with E-state index in [1.54, 1.807) is 37.4 Å². The number of hydrogen-bond donors (Lipinski definition) is 2. The third-order valence-electron chi connectivity index (χ3n) is 3.66. The van der Waals surface area contributed by atoms with Crippen LogP contribution in [0.4, 0.5) is 5.69 Å². The van der Waals surface area contributed by atoms with Gasteiger partial charge >= 0.3 is 0 Å². The van der Waals surface area contributed by atoms with Gasteiger partial charge in [-0.05, 0) is 35.9 Å². The van der Waals surface area contributed by atoms with Crippen LogP contribution in [-0.4, -0.2) is 32.1 Å². The third kappa shape index (κ3) is 3.65. The number of ether oxygens (including phenoxy) is 2. The maximum absolute atomic E-state index is 12.3. The van der Waals surface area contributed by atoms with Crippen molar-refractivity contribution in [2.24, 2.45) is 0 Å². The molecular formula is C18H18N2O4. The highest BCUT2D eigenvalue weighted by Gasteiger charge is 2.15. The Balaban J connectivity index is 1.67. The highest BCUT2D eigenvalue weighted by molar-refractivity contribution is 6.04. The van der Waals surface area contributed by atoms with Gasteiger partial charge in [0.1, 0.15) is 13.2 Å². The topological polar surface area (TPSA) is 76.7 Å². The molecule has 0 aliphatic carbocycles. The fraction of sp³-hybridized carbons (Fsp3) is 0.222. The van der Waals surface area contributed by atoms with E-state index >= 15 is 0 Å². The Morgan fingerprint density at radius 2 is 1.71 bits per heavy atom. The van der Waals surface area contributed by atoms with E-state index in [0.717, 1.165) is 5.56 Å². The minimum absolute atomic E-state index is 0.0527. The van der Waals surface area contributed by atoms with Gasteiger partial charge in [-0.3, -0.25) is 9.59 Å². The van der Waals surface area contributed by atoms with E-state index in [-0.39, 0.29) is 11.8 Å². The largest absolute Gasteiger partial charge is 0.486 e. The highest BCUT2D eigenvalue weighted by atomic mass is 16.6. The van der Waals surface area contributed by atoms with Crippen molar-refractivity contribution in [3.63, 3.8) is 0 Å². The van der Waals surface area contributed by atoms with Crippen molar-refractivity contribution in [3.05, 3.63) is 53.6 Å². The van der Waals surface area contributed by atoms with Gasteiger partial charge in [-0.15, -0.1) is 0 Å². The third-order valence-corrected chi connectivity index (χ3v) is 3.66. The molecule has 6 nitrogen and oxygen atoms in total. The standard InChI is InChI=1S/C18H18N2O4/c1-19-17(21)10-12-2-5-14(6-3-12)20-18(22)13-4-7-15-16(11-13)24-9-8-23-15/h2-7,11H,8-10H2,1H3,(H,19,21)(H,20,22). The monoisotopic (exact) mass is 326 g/mol. The van der Waals surface area contributed by atoms with Crippen molar-refractivity contribution in [1.29, 1.82) is 0 Å². The van der Waals surface area contributed by atoms with Crippen LogP contribution in [0.1, 0.15) is 15.9 Å². The average molecular weight is 326 g/mol. The molecule has 124 valence electrons. The minimum atomic E-state index is -0.231. The summed E-state index contributed by atoms with van der Waals surface area (Å²) in [6, 6.07) is 12.3. The van der Waals surface area contributed by atoms with Crippen molar-refractivity contribution in [2.45, 2.75) is 6.42 Å². The molecule has 24 heavy (non-hydrogen) atoms. The number of nitrogens with one attached hydrogen (secondary N) is 2. The molecule has 0 saturated heterocycles. The molecule has 0 radical (unpaired) electrons. The quantitative estimate of drug-likeness (QED) is 0.901. The van der Waals surface area contributed by atoms with Crippen molar-refractivity contribution in [1.82, 2.24) is 5.32 Å². The van der Waals surface area contributed by atoms with E-state index in [1.165, 1.54) is 0 Å². The zero-order valence-electron chi connectivity index (χ0n) is 13.3. The van der Waals surface area contributed by atoms with Gasteiger partial charge in [-0.1, -0.05) is 12.1 Å². The lowest BCUT2D eigenvalue weighted by molar-refractivity contribution is -0.119. The fourth-order valence-electron chi connectivity index (χ4n) is 2.37. The number of anilines is 1. The molecule has 2 N–H and O–H groups in total. The van der Waals surface area contributed by atoms with Crippen LogP contribution in [0.3, 0.4) is 0 Å². The van der Waals surface area contributed by atoms with Crippen molar-refractivity contribution < 1.29 is 19.1 Å². The maximum atomic E-state index is 12.3. The predicted molar refractivity (Wildman–Crippen MR) is 89.6 cm³/mol. The molecule has 2 aromatic carbocycles. The summed E-state index contributed by atoms with van der Waals surface area (Å²) >= 11 is 0. The molecule has 6 heteroatoms. The van der Waals surface area contributed by atoms with Crippen molar-refractivity contribution in [3.8, 4) is 11.5 Å². The summed E-state index contributed by atoms with van der Waals surface area (Å²) in [5, 5.41) is 5.40. The van der Waals surface area contributed by atoms with Crippen LogP contribution in [0, 0.1) is 0 Å². The first-order chi connectivity index (χ1) is 11.7. The summed E-state index contributed by atoms with van der Waals surface area (Å²) in [7, 11) is 1.60. The Kier molecular flexibility index (Phi) is 4.65. The molecule has 2 aromatic rings. The summed E-state index contributed by atoms with van der Waals surface area (Å²) in [5.41, 5.74) is 2.04. The first-order valence-corrected chi connectivity index (χ1v) is 7.66. The van der Waals surface area contributed by atoms with Crippen LogP contribution < -0.4 is 20.1 Å². The Hall–Kier alpha value is -3.02. The summed E-state index contributed by atoms with van der Waals surface area (Å²) in [6.07, 6.45) is 0.312. The fourth-order valence-corrected chi connectivity index (χ4v) is 2.37. The molecule has 3 rings (SSSR count). The molecule has 0 spiro atoms. The van der Waals surface area contributed by atoms with Gasteiger partial charge in [-0.2, -0.15) is 0 Å². The lowest BCUT2D eigenvalue weighted by atomic mass is 10.1. The number of fused-ring (bicyclic) bond motifs is 1. The molecule has 0 bridgehead atoms. The molecular weight excluding hydrogens is 308 g/mol. The number of carbonyl (C=O) groups is 2. The zero-order valence-corrected chi connectivity index (χ0v) is 13.3. The first kappa shape index (κ1) is 15.9. The summed E-state index contributed by atoms with van der Waals surface area (Å²) in [4.78, 5) is 23.7. The lowest BCUT2D eigenvalue weighted by Gasteiger charge is -2.18. The van der Waals surface area contributed by atoms with Gasteiger partial charge in [0, 0.05) is 18.3 Å². The van der Waals surface area contributed by atoms with E-state index in [2.05, 4.69) is 10.6 Å². The smallest absolute Gasteiger partial charge is 0.255 e. The van der Waals surface area contributed by atoms with Crippen molar-refractivity contribution in [2.75, 3.05) is 25.6 Å². The van der Waals surface area contributed by atoms with E-state index in [9.17, 15) is 9.59 Å². The van der Waals surface area contributed by atoms with Gasteiger partial charge in [-0.25, -0.2) is 0 Å². The highest BCUT2D eigenvalue weighted by Crippen LogP contribution is 2.30. The number of benzene rings is 2. The molecule has 0 atom stereocenters. The van der Waals surface area contributed by atoms with Gasteiger partial charge in [0.25, 0.3) is 5.91 Å². The predicted octanol–water partition coefficient (Wildman–Crippen LogP) is 2.00.